The van der Waals surface area contributed by atoms with Crippen LogP contribution in [0.15, 0.2) is 36.4 Å². The third kappa shape index (κ3) is 4.73. The number of fused-ring (bicyclic) bond motifs is 2. The van der Waals surface area contributed by atoms with E-state index in [0.717, 1.165) is 0 Å². The summed E-state index contributed by atoms with van der Waals surface area (Å²) in [7, 11) is 0. The minimum absolute atomic E-state index is 0.115. The monoisotopic (exact) mass is 537 g/mol. The predicted octanol–water partition coefficient (Wildman–Crippen LogP) is 3.35. The van der Waals surface area contributed by atoms with Crippen LogP contribution in [0.2, 0.25) is 10.0 Å². The molecule has 0 saturated carbocycles. The number of carbonyl (C=O) groups is 2. The average Bonchev–Trinajstić information content (AvgIpc) is 3.26. The van der Waals surface area contributed by atoms with Crippen molar-refractivity contribution >= 4 is 40.7 Å². The molecule has 0 bridgehead atoms. The molecule has 10 heteroatoms. The molecule has 5 N–H and O–H groups in total. The average molecular weight is 538 g/mol. The lowest BCUT2D eigenvalue weighted by Crippen LogP contribution is -2.49. The summed E-state index contributed by atoms with van der Waals surface area (Å²) in [5, 5.41) is 28.2. The summed E-state index contributed by atoms with van der Waals surface area (Å²) in [5.74, 6) is -2.25. The van der Waals surface area contributed by atoms with Crippen molar-refractivity contribution in [2.45, 2.75) is 56.7 Å². The fourth-order valence-corrected chi connectivity index (χ4v) is 5.89. The van der Waals surface area contributed by atoms with Gasteiger partial charge in [-0.3, -0.25) is 9.59 Å². The van der Waals surface area contributed by atoms with E-state index in [9.17, 15) is 24.2 Å². The number of nitrogens with one attached hydrogen (secondary N) is 3. The molecule has 2 amide bonds. The van der Waals surface area contributed by atoms with Crippen LogP contribution in [0.1, 0.15) is 44.2 Å². The first-order valence-corrected chi connectivity index (χ1v) is 12.5. The molecule has 1 fully saturated rings. The Hall–Kier alpha value is -2.23. The molecule has 4 rings (SSSR count). The Morgan fingerprint density at radius 1 is 1.25 bits per heavy atom. The summed E-state index contributed by atoms with van der Waals surface area (Å²) in [6, 6.07) is 8.13. The highest BCUT2D eigenvalue weighted by Gasteiger charge is 2.65. The van der Waals surface area contributed by atoms with Gasteiger partial charge in [0.2, 0.25) is 11.8 Å². The highest BCUT2D eigenvalue weighted by molar-refractivity contribution is 6.31. The van der Waals surface area contributed by atoms with E-state index in [-0.39, 0.29) is 22.9 Å². The quantitative estimate of drug-likeness (QED) is 0.388. The molecule has 0 aliphatic carbocycles. The van der Waals surface area contributed by atoms with E-state index in [1.807, 2.05) is 20.8 Å². The number of benzene rings is 2. The van der Waals surface area contributed by atoms with Crippen LogP contribution < -0.4 is 16.0 Å². The molecule has 2 aromatic carbocycles. The molecule has 5 atom stereocenters. The van der Waals surface area contributed by atoms with E-state index in [1.165, 1.54) is 12.1 Å². The van der Waals surface area contributed by atoms with E-state index in [4.69, 9.17) is 23.2 Å². The number of hydrogen-bond acceptors (Lipinski definition) is 5. The molecule has 2 aromatic rings. The fraction of sp³-hybridized carbons (Fsp3) is 0.462. The van der Waals surface area contributed by atoms with Crippen molar-refractivity contribution in [3.8, 4) is 0 Å². The van der Waals surface area contributed by atoms with Crippen LogP contribution in [0.3, 0.4) is 0 Å². The molecular formula is C26H30Cl2FN3O4. The number of aliphatic hydroxyl groups is 2. The van der Waals surface area contributed by atoms with Crippen molar-refractivity contribution in [3.63, 3.8) is 0 Å². The minimum Gasteiger partial charge on any atom is -0.394 e. The first-order chi connectivity index (χ1) is 16.9. The Morgan fingerprint density at radius 3 is 2.61 bits per heavy atom. The van der Waals surface area contributed by atoms with Gasteiger partial charge in [0.25, 0.3) is 0 Å². The van der Waals surface area contributed by atoms with Gasteiger partial charge in [0.15, 0.2) is 0 Å². The van der Waals surface area contributed by atoms with Gasteiger partial charge in [0.05, 0.1) is 23.8 Å². The van der Waals surface area contributed by atoms with Gasteiger partial charge in [-0.15, -0.1) is 0 Å². The highest BCUT2D eigenvalue weighted by Crippen LogP contribution is 2.57. The van der Waals surface area contributed by atoms with E-state index < -0.39 is 47.9 Å². The Labute approximate surface area is 219 Å². The molecule has 2 aliphatic heterocycles. The molecule has 2 aliphatic rings. The first kappa shape index (κ1) is 26.8. The summed E-state index contributed by atoms with van der Waals surface area (Å²) < 4.78 is 14.9. The van der Waals surface area contributed by atoms with E-state index in [0.29, 0.717) is 28.3 Å². The summed E-state index contributed by atoms with van der Waals surface area (Å²) in [6.45, 7) is 5.40. The second-order valence-corrected chi connectivity index (χ2v) is 11.6. The van der Waals surface area contributed by atoms with Crippen molar-refractivity contribution < 1.29 is 24.2 Å². The van der Waals surface area contributed by atoms with Gasteiger partial charge >= 0.3 is 0 Å². The molecule has 1 saturated heterocycles. The van der Waals surface area contributed by atoms with Crippen molar-refractivity contribution in [2.75, 3.05) is 18.5 Å². The van der Waals surface area contributed by atoms with Crippen molar-refractivity contribution in [2.24, 2.45) is 5.41 Å². The molecule has 194 valence electrons. The van der Waals surface area contributed by atoms with Gasteiger partial charge in [0.1, 0.15) is 11.2 Å². The molecule has 7 nitrogen and oxygen atoms in total. The molecule has 0 aromatic heterocycles. The van der Waals surface area contributed by atoms with E-state index in [2.05, 4.69) is 16.0 Å². The molecule has 2 heterocycles. The number of amides is 2. The minimum atomic E-state index is -1.35. The van der Waals surface area contributed by atoms with Gasteiger partial charge in [-0.2, -0.15) is 0 Å². The highest BCUT2D eigenvalue weighted by atomic mass is 35.5. The maximum atomic E-state index is 14.9. The van der Waals surface area contributed by atoms with Crippen LogP contribution >= 0.6 is 23.2 Å². The predicted molar refractivity (Wildman–Crippen MR) is 137 cm³/mol. The third-order valence-electron chi connectivity index (χ3n) is 6.91. The van der Waals surface area contributed by atoms with E-state index >= 15 is 0 Å². The van der Waals surface area contributed by atoms with Gasteiger partial charge in [-0.1, -0.05) is 56.1 Å². The second kappa shape index (κ2) is 9.91. The smallest absolute Gasteiger partial charge is 0.237 e. The molecule has 36 heavy (non-hydrogen) atoms. The van der Waals surface area contributed by atoms with Gasteiger partial charge < -0.3 is 26.2 Å². The van der Waals surface area contributed by atoms with Crippen molar-refractivity contribution in [1.29, 1.82) is 0 Å². The molecule has 0 unspecified atom stereocenters. The lowest BCUT2D eigenvalue weighted by Gasteiger charge is -2.37. The summed E-state index contributed by atoms with van der Waals surface area (Å²) in [5.41, 5.74) is -0.151. The van der Waals surface area contributed by atoms with Gasteiger partial charge in [-0.05, 0) is 47.2 Å². The summed E-state index contributed by atoms with van der Waals surface area (Å²) in [6.07, 6.45) is -0.643. The maximum absolute atomic E-state index is 14.9. The Balaban J connectivity index is 1.94. The van der Waals surface area contributed by atoms with Crippen LogP contribution in [-0.4, -0.2) is 53.4 Å². The maximum Gasteiger partial charge on any atom is 0.237 e. The van der Waals surface area contributed by atoms with E-state index in [1.54, 1.807) is 24.3 Å². The number of carbonyl (C=O) groups excluding carboxylic acids is 2. The van der Waals surface area contributed by atoms with Crippen molar-refractivity contribution in [3.05, 3.63) is 63.4 Å². The normalized spacial score (nSPS) is 26.1. The number of rotatable bonds is 6. The Kier molecular flexibility index (Phi) is 7.38. The zero-order valence-electron chi connectivity index (χ0n) is 20.2. The fourth-order valence-electron chi connectivity index (χ4n) is 5.53. The largest absolute Gasteiger partial charge is 0.394 e. The molecular weight excluding hydrogens is 508 g/mol. The van der Waals surface area contributed by atoms with Crippen molar-refractivity contribution in [1.82, 2.24) is 10.6 Å². The Bertz CT molecular complexity index is 1190. The van der Waals surface area contributed by atoms with Crippen LogP contribution in [0.25, 0.3) is 0 Å². The number of hydrogen-bond donors (Lipinski definition) is 5. The third-order valence-corrected chi connectivity index (χ3v) is 7.44. The molecule has 1 spiro atoms. The summed E-state index contributed by atoms with van der Waals surface area (Å²) in [4.78, 5) is 27.5. The van der Waals surface area contributed by atoms with Gasteiger partial charge in [-0.25, -0.2) is 4.39 Å². The standard InChI is InChI=1S/C26H30Cl2FN3O4/c1-25(2,3)10-20-26(16-8-18(29)17(28)9-19(16)31-24(26)36)21(13-5-4-6-14(27)7-13)22(32-20)23(35)30-11-15(34)12-33/h4-9,15,20-22,32-34H,10-12H2,1-3H3,(H,30,35)(H,31,36)/t15-,20-,21+,22-,26+/m1/s1. The van der Waals surface area contributed by atoms with Crippen LogP contribution in [0.4, 0.5) is 10.1 Å². The zero-order chi connectivity index (χ0) is 26.4. The Morgan fingerprint density at radius 2 is 1.97 bits per heavy atom. The van der Waals surface area contributed by atoms with Crippen LogP contribution in [0, 0.1) is 11.2 Å². The lowest BCUT2D eigenvalue weighted by molar-refractivity contribution is -0.124. The van der Waals surface area contributed by atoms with Crippen LogP contribution in [-0.2, 0) is 15.0 Å². The zero-order valence-corrected chi connectivity index (χ0v) is 21.8. The lowest BCUT2D eigenvalue weighted by atomic mass is 9.62. The first-order valence-electron chi connectivity index (χ1n) is 11.8. The number of anilines is 1. The topological polar surface area (TPSA) is 111 Å². The SMILES string of the molecule is CC(C)(C)C[C@H]1N[C@@H](C(=O)NC[C@@H](O)CO)[C@H](c2cccc(Cl)c2)[C@@]12C(=O)Nc1cc(Cl)c(F)cc12. The van der Waals surface area contributed by atoms with Crippen LogP contribution in [0.5, 0.6) is 0 Å². The number of aliphatic hydroxyl groups excluding tert-OH is 2. The van der Waals surface area contributed by atoms with Gasteiger partial charge in [0, 0.05) is 29.2 Å². The summed E-state index contributed by atoms with van der Waals surface area (Å²) >= 11 is 12.4. The molecule has 0 radical (unpaired) electrons. The second-order valence-electron chi connectivity index (χ2n) is 10.7. The number of halogens is 3.